The highest BCUT2D eigenvalue weighted by Crippen LogP contribution is 2.16. The minimum atomic E-state index is 0.410. The molecule has 2 rings (SSSR count). The predicted octanol–water partition coefficient (Wildman–Crippen LogP) is 1.81. The molecule has 2 aliphatic heterocycles. The Balaban J connectivity index is 2.24. The first-order valence-corrected chi connectivity index (χ1v) is 4.64. The van der Waals surface area contributed by atoms with Gasteiger partial charge in [-0.25, -0.2) is 4.99 Å². The van der Waals surface area contributed by atoms with Gasteiger partial charge in [-0.15, -0.1) is 0 Å². The second kappa shape index (κ2) is 2.85. The maximum Gasteiger partial charge on any atom is 0.251 e. The predicted molar refractivity (Wildman–Crippen MR) is 50.8 cm³/mol. The van der Waals surface area contributed by atoms with E-state index in [2.05, 4.69) is 41.9 Å². The van der Waals surface area contributed by atoms with Gasteiger partial charge in [0.1, 0.15) is 5.71 Å². The summed E-state index contributed by atoms with van der Waals surface area (Å²) in [6.45, 7) is 4.38. The van der Waals surface area contributed by atoms with Crippen molar-refractivity contribution in [2.24, 2.45) is 10.9 Å². The molecule has 0 aromatic rings. The Hall–Kier alpha value is -0.920. The third-order valence-electron chi connectivity index (χ3n) is 2.38. The van der Waals surface area contributed by atoms with Gasteiger partial charge < -0.3 is 0 Å². The van der Waals surface area contributed by atoms with Gasteiger partial charge in [0, 0.05) is 12.3 Å². The number of nitrogens with zero attached hydrogens (tertiary/aromatic N) is 2. The first-order chi connectivity index (χ1) is 5.77. The fraction of sp³-hybridized carbons (Fsp3) is 0.600. The first-order valence-electron chi connectivity index (χ1n) is 4.64. The van der Waals surface area contributed by atoms with Crippen molar-refractivity contribution in [3.8, 4) is 0 Å². The lowest BCUT2D eigenvalue weighted by molar-refractivity contribution is -0.493. The zero-order valence-corrected chi connectivity index (χ0v) is 7.70. The molecule has 0 saturated heterocycles. The van der Waals surface area contributed by atoms with E-state index in [4.69, 9.17) is 0 Å². The summed E-state index contributed by atoms with van der Waals surface area (Å²) in [5.41, 5.74) is 1.24. The highest BCUT2D eigenvalue weighted by Gasteiger charge is 2.28. The molecule has 2 nitrogen and oxygen atoms in total. The van der Waals surface area contributed by atoms with E-state index in [1.807, 2.05) is 0 Å². The van der Waals surface area contributed by atoms with Crippen molar-refractivity contribution in [2.45, 2.75) is 32.9 Å². The molecule has 2 aliphatic rings. The summed E-state index contributed by atoms with van der Waals surface area (Å²) in [7, 11) is 0. The van der Waals surface area contributed by atoms with Gasteiger partial charge in [0.25, 0.3) is 6.17 Å². The number of allylic oxidation sites excluding steroid dienone is 1. The second-order valence-electron chi connectivity index (χ2n) is 3.73. The zero-order valence-electron chi connectivity index (χ0n) is 7.70. The van der Waals surface area contributed by atoms with Crippen molar-refractivity contribution >= 4 is 11.9 Å². The molecule has 0 aliphatic carbocycles. The number of hydrogen-bond donors (Lipinski definition) is 0. The molecule has 1 unspecified atom stereocenters. The monoisotopic (exact) mass is 163 g/mol. The van der Waals surface area contributed by atoms with Crippen LogP contribution < -0.4 is 0 Å². The average molecular weight is 163 g/mol. The number of aliphatic imine (C=N–C) groups is 1. The van der Waals surface area contributed by atoms with E-state index in [0.717, 1.165) is 0 Å². The van der Waals surface area contributed by atoms with Crippen molar-refractivity contribution < 1.29 is 4.58 Å². The molecule has 0 radical (unpaired) electrons. The van der Waals surface area contributed by atoms with Crippen molar-refractivity contribution in [1.29, 1.82) is 0 Å². The third-order valence-corrected chi connectivity index (χ3v) is 2.38. The fourth-order valence-corrected chi connectivity index (χ4v) is 1.61. The number of rotatable bonds is 1. The molecule has 0 spiro atoms. The van der Waals surface area contributed by atoms with Gasteiger partial charge in [-0.3, -0.25) is 0 Å². The van der Waals surface area contributed by atoms with Crippen molar-refractivity contribution in [3.63, 3.8) is 0 Å². The van der Waals surface area contributed by atoms with E-state index in [1.54, 1.807) is 0 Å². The van der Waals surface area contributed by atoms with Crippen LogP contribution in [-0.2, 0) is 0 Å². The maximum absolute atomic E-state index is 4.65. The number of fused-ring (bicyclic) bond motifs is 1. The van der Waals surface area contributed by atoms with Gasteiger partial charge in [0.15, 0.2) is 12.4 Å². The van der Waals surface area contributed by atoms with Gasteiger partial charge in [0.05, 0.1) is 0 Å². The Morgan fingerprint density at radius 2 is 2.42 bits per heavy atom. The van der Waals surface area contributed by atoms with Gasteiger partial charge in [-0.05, 0) is 12.5 Å². The van der Waals surface area contributed by atoms with Crippen LogP contribution >= 0.6 is 0 Å². The molecule has 2 heterocycles. The van der Waals surface area contributed by atoms with Crippen LogP contribution in [0.1, 0.15) is 26.7 Å². The topological polar surface area (TPSA) is 15.4 Å². The molecule has 0 amide bonds. The van der Waals surface area contributed by atoms with E-state index in [0.29, 0.717) is 12.1 Å². The van der Waals surface area contributed by atoms with E-state index >= 15 is 0 Å². The molecule has 0 N–H and O–H groups in total. The normalized spacial score (nSPS) is 27.1. The van der Waals surface area contributed by atoms with Crippen LogP contribution in [-0.4, -0.2) is 22.7 Å². The molecular formula is C10H15N2+. The fourth-order valence-electron chi connectivity index (χ4n) is 1.61. The van der Waals surface area contributed by atoms with Gasteiger partial charge in [-0.1, -0.05) is 13.8 Å². The van der Waals surface area contributed by atoms with E-state index < -0.39 is 0 Å². The average Bonchev–Trinajstić information content (AvgIpc) is 2.46. The molecule has 0 bridgehead atoms. The standard InChI is InChI=1S/C10H15N2/c1-8(2)9-7-12-6-4-3-5-10(12)11-9/h4,6-8,10H,3,5H2,1-2H3/q+1. The molecule has 12 heavy (non-hydrogen) atoms. The second-order valence-corrected chi connectivity index (χ2v) is 3.73. The van der Waals surface area contributed by atoms with Gasteiger partial charge in [-0.2, -0.15) is 4.58 Å². The summed E-state index contributed by atoms with van der Waals surface area (Å²) in [5, 5.41) is 0. The molecule has 0 fully saturated rings. The SMILES string of the molecule is CC(C)C1=NC2CCC=C[N+]2=C1. The smallest absolute Gasteiger partial charge is 0.215 e. The van der Waals surface area contributed by atoms with Crippen LogP contribution in [0.2, 0.25) is 0 Å². The van der Waals surface area contributed by atoms with E-state index in [9.17, 15) is 0 Å². The lowest BCUT2D eigenvalue weighted by Crippen LogP contribution is -2.18. The Bertz CT molecular complexity index is 272. The molecular weight excluding hydrogens is 148 g/mol. The molecule has 0 aromatic heterocycles. The highest BCUT2D eigenvalue weighted by atomic mass is 15.2. The van der Waals surface area contributed by atoms with Crippen molar-refractivity contribution in [2.75, 3.05) is 0 Å². The Kier molecular flexibility index (Phi) is 1.83. The van der Waals surface area contributed by atoms with Crippen molar-refractivity contribution in [3.05, 3.63) is 12.3 Å². The summed E-state index contributed by atoms with van der Waals surface area (Å²) < 4.78 is 2.22. The Labute approximate surface area is 73.3 Å². The molecule has 0 aromatic carbocycles. The minimum Gasteiger partial charge on any atom is -0.215 e. The minimum absolute atomic E-state index is 0.410. The van der Waals surface area contributed by atoms with Crippen molar-refractivity contribution in [1.82, 2.24) is 0 Å². The molecule has 0 saturated carbocycles. The summed E-state index contributed by atoms with van der Waals surface area (Å²) in [6.07, 6.45) is 9.28. The lowest BCUT2D eigenvalue weighted by atomic mass is 10.1. The molecule has 1 atom stereocenters. The Morgan fingerprint density at radius 3 is 3.08 bits per heavy atom. The van der Waals surface area contributed by atoms with Crippen LogP contribution in [0, 0.1) is 5.92 Å². The summed E-state index contributed by atoms with van der Waals surface area (Å²) in [4.78, 5) is 4.65. The van der Waals surface area contributed by atoms with Crippen LogP contribution in [0.5, 0.6) is 0 Å². The van der Waals surface area contributed by atoms with Crippen LogP contribution in [0.4, 0.5) is 0 Å². The van der Waals surface area contributed by atoms with Crippen LogP contribution in [0.25, 0.3) is 0 Å². The quantitative estimate of drug-likeness (QED) is 0.524. The summed E-state index contributed by atoms with van der Waals surface area (Å²) in [5.74, 6) is 0.559. The van der Waals surface area contributed by atoms with Crippen LogP contribution in [0.15, 0.2) is 17.3 Å². The summed E-state index contributed by atoms with van der Waals surface area (Å²) >= 11 is 0. The maximum atomic E-state index is 4.65. The Morgan fingerprint density at radius 1 is 1.58 bits per heavy atom. The lowest BCUT2D eigenvalue weighted by Gasteiger charge is -2.06. The van der Waals surface area contributed by atoms with Gasteiger partial charge in [0.2, 0.25) is 0 Å². The molecule has 2 heteroatoms. The van der Waals surface area contributed by atoms with E-state index in [-0.39, 0.29) is 0 Å². The summed E-state index contributed by atoms with van der Waals surface area (Å²) in [6, 6.07) is 0. The molecule has 64 valence electrons. The van der Waals surface area contributed by atoms with Crippen LogP contribution in [0.3, 0.4) is 0 Å². The number of hydrogen-bond acceptors (Lipinski definition) is 1. The largest absolute Gasteiger partial charge is 0.251 e. The highest BCUT2D eigenvalue weighted by molar-refractivity contribution is 6.30. The first kappa shape index (κ1) is 7.71. The van der Waals surface area contributed by atoms with E-state index in [1.165, 1.54) is 18.6 Å². The third kappa shape index (κ3) is 1.22. The zero-order chi connectivity index (χ0) is 8.55. The van der Waals surface area contributed by atoms with Gasteiger partial charge >= 0.3 is 0 Å².